The summed E-state index contributed by atoms with van der Waals surface area (Å²) in [5, 5.41) is 3.62. The lowest BCUT2D eigenvalue weighted by molar-refractivity contribution is 0.100. The van der Waals surface area contributed by atoms with Gasteiger partial charge < -0.3 is 0 Å². The van der Waals surface area contributed by atoms with Crippen molar-refractivity contribution in [1.29, 1.82) is 0 Å². The monoisotopic (exact) mass is 203 g/mol. The van der Waals surface area contributed by atoms with E-state index in [-0.39, 0.29) is 0 Å². The minimum absolute atomic E-state index is 0.400. The van der Waals surface area contributed by atoms with Gasteiger partial charge in [-0.1, -0.05) is 11.6 Å². The topological polar surface area (TPSA) is 29.4 Å². The Kier molecular flexibility index (Phi) is 2.91. The number of hydrogen-bond acceptors (Lipinski definition) is 3. The van der Waals surface area contributed by atoms with E-state index in [0.29, 0.717) is 9.90 Å². The molecular formula is C6H2ClNOS2. The van der Waals surface area contributed by atoms with Crippen molar-refractivity contribution in [3.05, 3.63) is 21.3 Å². The van der Waals surface area contributed by atoms with Crippen molar-refractivity contribution in [1.82, 2.24) is 0 Å². The Labute approximate surface area is 77.5 Å². The first-order valence-corrected chi connectivity index (χ1v) is 4.27. The normalized spacial score (nSPS) is 8.82. The Hall–Kier alpha value is -0.540. The summed E-state index contributed by atoms with van der Waals surface area (Å²) in [5.41, 5.74) is 0.456. The van der Waals surface area contributed by atoms with E-state index in [4.69, 9.17) is 11.6 Å². The molecule has 2 nitrogen and oxygen atoms in total. The Bertz CT molecular complexity index is 327. The maximum Gasteiger partial charge on any atom is 0.286 e. The number of rotatable bonds is 1. The number of isothiocyanates is 1. The van der Waals surface area contributed by atoms with Crippen LogP contribution >= 0.6 is 35.2 Å². The van der Waals surface area contributed by atoms with Gasteiger partial charge in [0, 0.05) is 5.38 Å². The zero-order valence-corrected chi connectivity index (χ0v) is 7.59. The summed E-state index contributed by atoms with van der Waals surface area (Å²) >= 11 is 11.1. The molecule has 1 aromatic heterocycles. The summed E-state index contributed by atoms with van der Waals surface area (Å²) in [6.07, 6.45) is 0. The zero-order chi connectivity index (χ0) is 8.27. The summed E-state index contributed by atoms with van der Waals surface area (Å²) < 4.78 is 0.563. The minimum Gasteiger partial charge on any atom is -0.266 e. The van der Waals surface area contributed by atoms with Gasteiger partial charge in [0.2, 0.25) is 0 Å². The van der Waals surface area contributed by atoms with Crippen LogP contribution in [0.25, 0.3) is 0 Å². The molecule has 5 heteroatoms. The fraction of sp³-hybridized carbons (Fsp3) is 0. The predicted molar refractivity (Wildman–Crippen MR) is 48.7 cm³/mol. The number of aliphatic imine (C=N–C) groups is 1. The first-order valence-electron chi connectivity index (χ1n) is 2.60. The van der Waals surface area contributed by atoms with Crippen LogP contribution in [0.1, 0.15) is 10.4 Å². The van der Waals surface area contributed by atoms with Gasteiger partial charge in [0.05, 0.1) is 15.1 Å². The SMILES string of the molecule is O=C(N=C=S)c1csc(Cl)c1. The smallest absolute Gasteiger partial charge is 0.266 e. The van der Waals surface area contributed by atoms with E-state index in [0.717, 1.165) is 0 Å². The molecule has 0 fully saturated rings. The molecule has 0 N–H and O–H groups in total. The van der Waals surface area contributed by atoms with Gasteiger partial charge in [-0.2, -0.15) is 4.99 Å². The Morgan fingerprint density at radius 1 is 1.82 bits per heavy atom. The van der Waals surface area contributed by atoms with Crippen LogP contribution in [0.5, 0.6) is 0 Å². The molecule has 1 aromatic rings. The van der Waals surface area contributed by atoms with Crippen molar-refractivity contribution in [2.24, 2.45) is 4.99 Å². The van der Waals surface area contributed by atoms with E-state index in [1.165, 1.54) is 11.3 Å². The molecule has 0 aliphatic rings. The molecular weight excluding hydrogens is 202 g/mol. The van der Waals surface area contributed by atoms with Crippen LogP contribution in [-0.2, 0) is 0 Å². The number of thiophene rings is 1. The quantitative estimate of drug-likeness (QED) is 0.519. The highest BCUT2D eigenvalue weighted by Crippen LogP contribution is 2.20. The van der Waals surface area contributed by atoms with Gasteiger partial charge in [0.15, 0.2) is 0 Å². The third-order valence-corrected chi connectivity index (χ3v) is 2.14. The average molecular weight is 204 g/mol. The summed E-state index contributed by atoms with van der Waals surface area (Å²) in [6.45, 7) is 0. The van der Waals surface area contributed by atoms with Crippen LogP contribution in [-0.4, -0.2) is 11.1 Å². The minimum atomic E-state index is -0.400. The number of carbonyl (C=O) groups excluding carboxylic acids is 1. The Morgan fingerprint density at radius 3 is 3.00 bits per heavy atom. The highest BCUT2D eigenvalue weighted by molar-refractivity contribution is 7.78. The highest BCUT2D eigenvalue weighted by atomic mass is 35.5. The largest absolute Gasteiger partial charge is 0.286 e. The van der Waals surface area contributed by atoms with Crippen molar-refractivity contribution in [3.63, 3.8) is 0 Å². The summed E-state index contributed by atoms with van der Waals surface area (Å²) in [4.78, 5) is 14.2. The number of carbonyl (C=O) groups is 1. The van der Waals surface area contributed by atoms with Crippen LogP contribution < -0.4 is 0 Å². The molecule has 0 aliphatic heterocycles. The van der Waals surface area contributed by atoms with Crippen molar-refractivity contribution in [2.75, 3.05) is 0 Å². The molecule has 56 valence electrons. The van der Waals surface area contributed by atoms with E-state index in [9.17, 15) is 4.79 Å². The third-order valence-electron chi connectivity index (χ3n) is 0.962. The fourth-order valence-electron chi connectivity index (χ4n) is 0.528. The molecule has 1 amide bonds. The van der Waals surface area contributed by atoms with Crippen molar-refractivity contribution < 1.29 is 4.79 Å². The van der Waals surface area contributed by atoms with Gasteiger partial charge in [0.25, 0.3) is 5.91 Å². The standard InChI is InChI=1S/C6H2ClNOS2/c7-5-1-4(2-11-5)6(9)8-3-10/h1-2H. The molecule has 0 saturated heterocycles. The number of amides is 1. The Morgan fingerprint density at radius 2 is 2.55 bits per heavy atom. The number of halogens is 1. The van der Waals surface area contributed by atoms with Gasteiger partial charge in [-0.25, -0.2) is 0 Å². The second-order valence-corrected chi connectivity index (χ2v) is 3.37. The average Bonchev–Trinajstić information content (AvgIpc) is 2.36. The van der Waals surface area contributed by atoms with Gasteiger partial charge >= 0.3 is 0 Å². The van der Waals surface area contributed by atoms with Crippen LogP contribution in [0.15, 0.2) is 16.4 Å². The van der Waals surface area contributed by atoms with Crippen molar-refractivity contribution in [2.45, 2.75) is 0 Å². The molecule has 0 unspecified atom stereocenters. The maximum atomic E-state index is 10.9. The molecule has 0 aliphatic carbocycles. The Balaban J connectivity index is 2.93. The molecule has 0 spiro atoms. The molecule has 0 saturated carbocycles. The maximum absolute atomic E-state index is 10.9. The number of hydrogen-bond donors (Lipinski definition) is 0. The second kappa shape index (κ2) is 3.74. The first-order chi connectivity index (χ1) is 5.24. The molecule has 11 heavy (non-hydrogen) atoms. The van der Waals surface area contributed by atoms with Gasteiger partial charge in [-0.15, -0.1) is 11.3 Å². The molecule has 0 bridgehead atoms. The molecule has 0 aromatic carbocycles. The third kappa shape index (κ3) is 2.20. The van der Waals surface area contributed by atoms with Gasteiger partial charge in [0.1, 0.15) is 0 Å². The molecule has 0 atom stereocenters. The second-order valence-electron chi connectivity index (χ2n) is 1.65. The first kappa shape index (κ1) is 8.56. The molecule has 1 rings (SSSR count). The summed E-state index contributed by atoms with van der Waals surface area (Å²) in [7, 11) is 0. The van der Waals surface area contributed by atoms with Crippen molar-refractivity contribution >= 4 is 46.2 Å². The number of thiocarbonyl (C=S) groups is 1. The predicted octanol–water partition coefficient (Wildman–Crippen LogP) is 2.64. The van der Waals surface area contributed by atoms with Crippen LogP contribution in [0.4, 0.5) is 0 Å². The molecule has 0 radical (unpaired) electrons. The fourth-order valence-corrected chi connectivity index (χ4v) is 1.47. The van der Waals surface area contributed by atoms with E-state index < -0.39 is 5.91 Å². The lowest BCUT2D eigenvalue weighted by Gasteiger charge is -1.81. The van der Waals surface area contributed by atoms with E-state index >= 15 is 0 Å². The van der Waals surface area contributed by atoms with E-state index in [1.807, 2.05) is 5.16 Å². The van der Waals surface area contributed by atoms with Crippen LogP contribution in [0.3, 0.4) is 0 Å². The highest BCUT2D eigenvalue weighted by Gasteiger charge is 2.04. The van der Waals surface area contributed by atoms with Gasteiger partial charge in [-0.05, 0) is 18.3 Å². The van der Waals surface area contributed by atoms with Crippen molar-refractivity contribution in [3.8, 4) is 0 Å². The molecule has 1 heterocycles. The van der Waals surface area contributed by atoms with Gasteiger partial charge in [-0.3, -0.25) is 4.79 Å². The van der Waals surface area contributed by atoms with E-state index in [1.54, 1.807) is 11.4 Å². The summed E-state index contributed by atoms with van der Waals surface area (Å²) in [6, 6.07) is 1.55. The zero-order valence-electron chi connectivity index (χ0n) is 5.20. The number of nitrogens with zero attached hydrogens (tertiary/aromatic N) is 1. The van der Waals surface area contributed by atoms with Crippen LogP contribution in [0, 0.1) is 0 Å². The lowest BCUT2D eigenvalue weighted by atomic mass is 10.3. The van der Waals surface area contributed by atoms with E-state index in [2.05, 4.69) is 17.2 Å². The van der Waals surface area contributed by atoms with Crippen LogP contribution in [0.2, 0.25) is 4.34 Å². The lowest BCUT2D eigenvalue weighted by Crippen LogP contribution is -1.89. The summed E-state index contributed by atoms with van der Waals surface area (Å²) in [5.74, 6) is -0.400.